The third-order valence-electron chi connectivity index (χ3n) is 5.19. The number of hydrogen-bond acceptors (Lipinski definition) is 1. The largest absolute Gasteiger partial charge is 0.345 e. The van der Waals surface area contributed by atoms with E-state index in [9.17, 15) is 4.79 Å². The maximum Gasteiger partial charge on any atom is 0.240 e. The Bertz CT molecular complexity index is 735. The van der Waals surface area contributed by atoms with E-state index < -0.39 is 5.38 Å². The molecule has 0 aliphatic heterocycles. The van der Waals surface area contributed by atoms with Crippen molar-refractivity contribution < 1.29 is 4.79 Å². The molecule has 0 saturated heterocycles. The molecule has 1 fully saturated rings. The Labute approximate surface area is 165 Å². The Kier molecular flexibility index (Phi) is 6.66. The molecule has 2 aromatic rings. The fourth-order valence-electron chi connectivity index (χ4n) is 3.74. The van der Waals surface area contributed by atoms with Crippen molar-refractivity contribution in [3.63, 3.8) is 0 Å². The van der Waals surface area contributed by atoms with Gasteiger partial charge in [-0.1, -0.05) is 49.1 Å². The second kappa shape index (κ2) is 8.96. The molecule has 1 aromatic heterocycles. The second-order valence-electron chi connectivity index (χ2n) is 7.09. The van der Waals surface area contributed by atoms with Crippen molar-refractivity contribution in [2.24, 2.45) is 0 Å². The van der Waals surface area contributed by atoms with E-state index in [1.807, 2.05) is 41.4 Å². The van der Waals surface area contributed by atoms with Gasteiger partial charge in [-0.25, -0.2) is 0 Å². The Morgan fingerprint density at radius 2 is 1.92 bits per heavy atom. The molecule has 0 spiro atoms. The number of alkyl halides is 1. The Balaban J connectivity index is 1.80. The average molecular weight is 393 g/mol. The zero-order valence-corrected chi connectivity index (χ0v) is 16.7. The molecule has 5 heteroatoms. The molecule has 1 unspecified atom stereocenters. The van der Waals surface area contributed by atoms with Crippen LogP contribution in [0.3, 0.4) is 0 Å². The van der Waals surface area contributed by atoms with Gasteiger partial charge in [0.25, 0.3) is 0 Å². The molecule has 0 N–H and O–H groups in total. The quantitative estimate of drug-likeness (QED) is 0.597. The number of carbonyl (C=O) groups is 1. The normalized spacial score (nSPS) is 16.4. The monoisotopic (exact) mass is 392 g/mol. The number of amides is 1. The molecular weight excluding hydrogens is 367 g/mol. The van der Waals surface area contributed by atoms with Crippen LogP contribution in [-0.4, -0.2) is 26.8 Å². The third kappa shape index (κ3) is 4.63. The molecule has 1 aliphatic carbocycles. The number of carbonyl (C=O) groups excluding carboxylic acids is 1. The molecule has 3 nitrogen and oxygen atoms in total. The zero-order chi connectivity index (χ0) is 18.5. The van der Waals surface area contributed by atoms with Crippen molar-refractivity contribution in [3.8, 4) is 0 Å². The summed E-state index contributed by atoms with van der Waals surface area (Å²) in [6, 6.07) is 12.3. The molecule has 140 valence electrons. The van der Waals surface area contributed by atoms with Crippen LogP contribution in [0.4, 0.5) is 0 Å². The zero-order valence-electron chi connectivity index (χ0n) is 15.2. The average Bonchev–Trinajstić information content (AvgIpc) is 3.08. The summed E-state index contributed by atoms with van der Waals surface area (Å²) >= 11 is 12.5. The topological polar surface area (TPSA) is 25.2 Å². The van der Waals surface area contributed by atoms with Crippen LogP contribution in [0.5, 0.6) is 0 Å². The summed E-state index contributed by atoms with van der Waals surface area (Å²) in [4.78, 5) is 14.8. The van der Waals surface area contributed by atoms with E-state index in [1.165, 1.54) is 19.3 Å². The molecule has 1 saturated carbocycles. The molecule has 1 amide bonds. The highest BCUT2D eigenvalue weighted by atomic mass is 35.5. The first-order valence-corrected chi connectivity index (χ1v) is 10.2. The molecule has 3 rings (SSSR count). The lowest BCUT2D eigenvalue weighted by atomic mass is 9.94. The van der Waals surface area contributed by atoms with Gasteiger partial charge in [0.2, 0.25) is 5.91 Å². The first-order chi connectivity index (χ1) is 12.6. The summed E-state index contributed by atoms with van der Waals surface area (Å²) in [6.45, 7) is 3.06. The van der Waals surface area contributed by atoms with Gasteiger partial charge in [0.1, 0.15) is 5.38 Å². The van der Waals surface area contributed by atoms with Crippen LogP contribution in [0, 0.1) is 0 Å². The first kappa shape index (κ1) is 19.3. The minimum absolute atomic E-state index is 0.0315. The van der Waals surface area contributed by atoms with Gasteiger partial charge in [0, 0.05) is 29.5 Å². The highest BCUT2D eigenvalue weighted by molar-refractivity contribution is 6.31. The summed E-state index contributed by atoms with van der Waals surface area (Å²) in [5, 5.41) is 0.269. The number of halogens is 2. The highest BCUT2D eigenvalue weighted by Crippen LogP contribution is 2.26. The molecule has 1 heterocycles. The van der Waals surface area contributed by atoms with Gasteiger partial charge in [-0.3, -0.25) is 4.79 Å². The third-order valence-corrected chi connectivity index (χ3v) is 5.75. The van der Waals surface area contributed by atoms with Crippen LogP contribution in [0.25, 0.3) is 0 Å². The SMILES string of the molecule is CC(Cl)C(=O)N(Cc1cccn1Cc1ccccc1Cl)C1CCCCC1. The summed E-state index contributed by atoms with van der Waals surface area (Å²) < 4.78 is 2.17. The number of aromatic nitrogens is 1. The number of benzene rings is 1. The van der Waals surface area contributed by atoms with Gasteiger partial charge >= 0.3 is 0 Å². The molecule has 1 atom stereocenters. The van der Waals surface area contributed by atoms with E-state index in [0.717, 1.165) is 29.1 Å². The van der Waals surface area contributed by atoms with E-state index in [0.29, 0.717) is 19.1 Å². The van der Waals surface area contributed by atoms with Gasteiger partial charge in [-0.2, -0.15) is 0 Å². The van der Waals surface area contributed by atoms with E-state index in [1.54, 1.807) is 6.92 Å². The fraction of sp³-hybridized carbons (Fsp3) is 0.476. The van der Waals surface area contributed by atoms with Crippen LogP contribution in [0.2, 0.25) is 5.02 Å². The van der Waals surface area contributed by atoms with Crippen molar-refractivity contribution in [2.75, 3.05) is 0 Å². The van der Waals surface area contributed by atoms with E-state index in [2.05, 4.69) is 10.6 Å². The standard InChI is InChI=1S/C21H26Cl2N2O/c1-16(22)21(26)25(18-9-3-2-4-10-18)15-19-11-7-13-24(19)14-17-8-5-6-12-20(17)23/h5-8,11-13,16,18H,2-4,9-10,14-15H2,1H3. The van der Waals surface area contributed by atoms with Crippen molar-refractivity contribution in [3.05, 3.63) is 58.9 Å². The maximum atomic E-state index is 12.8. The lowest BCUT2D eigenvalue weighted by Crippen LogP contribution is -2.44. The summed E-state index contributed by atoms with van der Waals surface area (Å²) in [5.74, 6) is 0.0315. The first-order valence-electron chi connectivity index (χ1n) is 9.38. The Morgan fingerprint density at radius 1 is 1.19 bits per heavy atom. The predicted octanol–water partition coefficient (Wildman–Crippen LogP) is 5.48. The smallest absolute Gasteiger partial charge is 0.240 e. The minimum Gasteiger partial charge on any atom is -0.345 e. The summed E-state index contributed by atoms with van der Waals surface area (Å²) in [6.07, 6.45) is 7.82. The summed E-state index contributed by atoms with van der Waals surface area (Å²) in [5.41, 5.74) is 2.19. The predicted molar refractivity (Wildman–Crippen MR) is 108 cm³/mol. The van der Waals surface area contributed by atoms with Crippen LogP contribution in [0.1, 0.15) is 50.3 Å². The Morgan fingerprint density at radius 3 is 2.62 bits per heavy atom. The maximum absolute atomic E-state index is 12.8. The molecular formula is C21H26Cl2N2O. The van der Waals surface area contributed by atoms with Crippen molar-refractivity contribution >= 4 is 29.1 Å². The van der Waals surface area contributed by atoms with Crippen molar-refractivity contribution in [1.82, 2.24) is 9.47 Å². The van der Waals surface area contributed by atoms with Crippen LogP contribution in [-0.2, 0) is 17.9 Å². The Hall–Kier alpha value is -1.45. The van der Waals surface area contributed by atoms with Crippen molar-refractivity contribution in [1.29, 1.82) is 0 Å². The van der Waals surface area contributed by atoms with Crippen LogP contribution >= 0.6 is 23.2 Å². The second-order valence-corrected chi connectivity index (χ2v) is 8.15. The number of rotatable bonds is 6. The molecule has 26 heavy (non-hydrogen) atoms. The van der Waals surface area contributed by atoms with Gasteiger partial charge in [-0.15, -0.1) is 11.6 Å². The number of hydrogen-bond donors (Lipinski definition) is 0. The minimum atomic E-state index is -0.496. The van der Waals surface area contributed by atoms with Crippen molar-refractivity contribution in [2.45, 2.75) is 63.5 Å². The van der Waals surface area contributed by atoms with Crippen LogP contribution < -0.4 is 0 Å². The van der Waals surface area contributed by atoms with E-state index >= 15 is 0 Å². The van der Waals surface area contributed by atoms with E-state index in [-0.39, 0.29) is 5.91 Å². The lowest BCUT2D eigenvalue weighted by molar-refractivity contribution is -0.134. The number of nitrogens with zero attached hydrogens (tertiary/aromatic N) is 2. The van der Waals surface area contributed by atoms with E-state index in [4.69, 9.17) is 23.2 Å². The van der Waals surface area contributed by atoms with Gasteiger partial charge in [0.05, 0.1) is 6.54 Å². The molecule has 1 aromatic carbocycles. The van der Waals surface area contributed by atoms with Crippen LogP contribution in [0.15, 0.2) is 42.6 Å². The highest BCUT2D eigenvalue weighted by Gasteiger charge is 2.28. The molecule has 1 aliphatic rings. The summed E-state index contributed by atoms with van der Waals surface area (Å²) in [7, 11) is 0. The lowest BCUT2D eigenvalue weighted by Gasteiger charge is -2.35. The van der Waals surface area contributed by atoms with Gasteiger partial charge in [-0.05, 0) is 43.5 Å². The molecule has 0 radical (unpaired) electrons. The van der Waals surface area contributed by atoms with Gasteiger partial charge in [0.15, 0.2) is 0 Å². The fourth-order valence-corrected chi connectivity index (χ4v) is 4.06. The van der Waals surface area contributed by atoms with Gasteiger partial charge < -0.3 is 9.47 Å². The molecule has 0 bridgehead atoms.